The molecule has 1 aliphatic rings. The zero-order chi connectivity index (χ0) is 20.5. The zero-order valence-corrected chi connectivity index (χ0v) is 17.1. The lowest BCUT2D eigenvalue weighted by atomic mass is 9.92. The number of rotatable bonds is 0. The molecule has 1 aromatic carbocycles. The van der Waals surface area contributed by atoms with E-state index in [1.54, 1.807) is 0 Å². The molecule has 146 valence electrons. The number of aromatic nitrogens is 4. The summed E-state index contributed by atoms with van der Waals surface area (Å²) in [5.41, 5.74) is 9.17. The lowest BCUT2D eigenvalue weighted by Crippen LogP contribution is -2.07. The maximum absolute atomic E-state index is 4.50. The van der Waals surface area contributed by atoms with E-state index < -0.39 is 0 Å². The van der Waals surface area contributed by atoms with Crippen molar-refractivity contribution < 1.29 is 0 Å². The van der Waals surface area contributed by atoms with Gasteiger partial charge in [-0.2, -0.15) is 0 Å². The van der Waals surface area contributed by atoms with Crippen LogP contribution in [0.1, 0.15) is 22.3 Å². The largest absolute Gasteiger partial charge is 0.254 e. The molecule has 0 atom stereocenters. The second-order valence-electron chi connectivity index (χ2n) is 7.76. The number of fused-ring (bicyclic) bond motifs is 6. The Morgan fingerprint density at radius 3 is 2.20 bits per heavy atom. The van der Waals surface area contributed by atoms with Gasteiger partial charge in [0.2, 0.25) is 0 Å². The molecule has 4 aromatic heterocycles. The lowest BCUT2D eigenvalue weighted by Gasteiger charge is -2.17. The fourth-order valence-electron chi connectivity index (χ4n) is 4.00. The van der Waals surface area contributed by atoms with Crippen LogP contribution in [0.5, 0.6) is 0 Å². The normalized spacial score (nSPS) is 12.1. The molecule has 30 heavy (non-hydrogen) atoms. The smallest absolute Gasteiger partial charge is 0.0964 e. The fourth-order valence-corrected chi connectivity index (χ4v) is 4.00. The van der Waals surface area contributed by atoms with Gasteiger partial charge in [0.15, 0.2) is 0 Å². The van der Waals surface area contributed by atoms with Gasteiger partial charge in [-0.1, -0.05) is 30.3 Å². The minimum absolute atomic E-state index is 0.981. The fraction of sp³-hybridized carbons (Fsp3) is 0.154. The van der Waals surface area contributed by atoms with Crippen molar-refractivity contribution >= 4 is 21.8 Å². The summed E-state index contributed by atoms with van der Waals surface area (Å²) in [6.07, 6.45) is 9.63. The molecule has 1 aliphatic carbocycles. The van der Waals surface area contributed by atoms with Crippen LogP contribution >= 0.6 is 0 Å². The molecule has 0 aliphatic heterocycles. The van der Waals surface area contributed by atoms with Crippen LogP contribution in [0, 0.1) is 13.8 Å². The molecule has 0 saturated carbocycles. The van der Waals surface area contributed by atoms with Crippen molar-refractivity contribution in [1.29, 1.82) is 0 Å². The molecule has 4 heteroatoms. The van der Waals surface area contributed by atoms with Crippen LogP contribution < -0.4 is 0 Å². The van der Waals surface area contributed by atoms with Crippen LogP contribution in [0.25, 0.3) is 33.2 Å². The Hall–Kier alpha value is -3.66. The first kappa shape index (κ1) is 18.4. The summed E-state index contributed by atoms with van der Waals surface area (Å²) in [6, 6.07) is 16.7. The molecular weight excluding hydrogens is 368 g/mol. The number of benzene rings is 1. The van der Waals surface area contributed by atoms with Gasteiger partial charge in [0, 0.05) is 35.6 Å². The molecule has 0 fully saturated rings. The first-order valence-corrected chi connectivity index (χ1v) is 10.2. The second kappa shape index (κ2) is 7.64. The minimum Gasteiger partial charge on any atom is -0.254 e. The standard InChI is InChI=1S/C13H12N2.C13H10N2/c2*1-9-7-11-5-4-10-3-2-6-14-12(10)13(11)15-8-9/h2-3,6-8H,4-5H2,1H3;2-8H,1H3. The zero-order valence-electron chi connectivity index (χ0n) is 17.1. The average molecular weight is 390 g/mol. The molecule has 5 aromatic rings. The van der Waals surface area contributed by atoms with Crippen molar-refractivity contribution in [3.8, 4) is 11.4 Å². The van der Waals surface area contributed by atoms with Gasteiger partial charge >= 0.3 is 0 Å². The Morgan fingerprint density at radius 1 is 0.600 bits per heavy atom. The molecule has 0 bridgehead atoms. The van der Waals surface area contributed by atoms with Gasteiger partial charge in [-0.3, -0.25) is 19.9 Å². The maximum atomic E-state index is 4.50. The van der Waals surface area contributed by atoms with Crippen LogP contribution in [0.15, 0.2) is 73.3 Å². The number of aryl methyl sites for hydroxylation is 4. The molecule has 0 N–H and O–H groups in total. The third-order valence-electron chi connectivity index (χ3n) is 5.44. The van der Waals surface area contributed by atoms with Gasteiger partial charge in [-0.05, 0) is 67.1 Å². The Bertz CT molecular complexity index is 1370. The van der Waals surface area contributed by atoms with E-state index in [4.69, 9.17) is 0 Å². The molecule has 0 radical (unpaired) electrons. The van der Waals surface area contributed by atoms with Crippen molar-refractivity contribution in [3.05, 3.63) is 95.6 Å². The highest BCUT2D eigenvalue weighted by atomic mass is 14.8. The monoisotopic (exact) mass is 390 g/mol. The van der Waals surface area contributed by atoms with Crippen molar-refractivity contribution in [2.24, 2.45) is 0 Å². The van der Waals surface area contributed by atoms with Crippen molar-refractivity contribution in [2.45, 2.75) is 26.7 Å². The van der Waals surface area contributed by atoms with Crippen LogP contribution in [-0.4, -0.2) is 19.9 Å². The maximum Gasteiger partial charge on any atom is 0.0964 e. The van der Waals surface area contributed by atoms with Gasteiger partial charge in [-0.15, -0.1) is 0 Å². The molecule has 4 nitrogen and oxygen atoms in total. The number of pyridine rings is 4. The topological polar surface area (TPSA) is 51.6 Å². The second-order valence-corrected chi connectivity index (χ2v) is 7.76. The summed E-state index contributed by atoms with van der Waals surface area (Å²) < 4.78 is 0. The summed E-state index contributed by atoms with van der Waals surface area (Å²) in [6.45, 7) is 4.14. The van der Waals surface area contributed by atoms with Gasteiger partial charge < -0.3 is 0 Å². The van der Waals surface area contributed by atoms with Crippen molar-refractivity contribution in [3.63, 3.8) is 0 Å². The summed E-state index contributed by atoms with van der Waals surface area (Å²) in [5.74, 6) is 0. The van der Waals surface area contributed by atoms with Crippen LogP contribution in [0.4, 0.5) is 0 Å². The average Bonchev–Trinajstić information content (AvgIpc) is 2.79. The summed E-state index contributed by atoms with van der Waals surface area (Å²) >= 11 is 0. The van der Waals surface area contributed by atoms with Crippen molar-refractivity contribution in [2.75, 3.05) is 0 Å². The van der Waals surface area contributed by atoms with E-state index in [0.29, 0.717) is 0 Å². The van der Waals surface area contributed by atoms with E-state index in [2.05, 4.69) is 70.2 Å². The summed E-state index contributed by atoms with van der Waals surface area (Å²) in [4.78, 5) is 17.7. The van der Waals surface area contributed by atoms with E-state index in [-0.39, 0.29) is 0 Å². The molecule has 0 spiro atoms. The van der Waals surface area contributed by atoms with Crippen LogP contribution in [0.3, 0.4) is 0 Å². The third-order valence-corrected chi connectivity index (χ3v) is 5.44. The van der Waals surface area contributed by atoms with E-state index in [9.17, 15) is 0 Å². The molecule has 0 amide bonds. The van der Waals surface area contributed by atoms with Gasteiger partial charge in [0.05, 0.1) is 22.4 Å². The van der Waals surface area contributed by atoms with E-state index in [1.807, 2.05) is 36.9 Å². The van der Waals surface area contributed by atoms with Crippen LogP contribution in [0.2, 0.25) is 0 Å². The predicted molar refractivity (Wildman–Crippen MR) is 121 cm³/mol. The van der Waals surface area contributed by atoms with Gasteiger partial charge in [0.1, 0.15) is 0 Å². The highest BCUT2D eigenvalue weighted by Gasteiger charge is 2.17. The highest BCUT2D eigenvalue weighted by Crippen LogP contribution is 2.29. The number of nitrogens with zero attached hydrogens (tertiary/aromatic N) is 4. The quantitative estimate of drug-likeness (QED) is 0.321. The Labute approximate surface area is 175 Å². The highest BCUT2D eigenvalue weighted by molar-refractivity contribution is 6.02. The van der Waals surface area contributed by atoms with E-state index in [0.717, 1.165) is 46.0 Å². The van der Waals surface area contributed by atoms with Crippen LogP contribution in [-0.2, 0) is 12.8 Å². The third kappa shape index (κ3) is 3.41. The van der Waals surface area contributed by atoms with E-state index in [1.165, 1.54) is 22.3 Å². The minimum atomic E-state index is 0.981. The number of hydrogen-bond acceptors (Lipinski definition) is 4. The molecule has 4 heterocycles. The van der Waals surface area contributed by atoms with Gasteiger partial charge in [0.25, 0.3) is 0 Å². The molecule has 0 saturated heterocycles. The molecule has 6 rings (SSSR count). The summed E-state index contributed by atoms with van der Waals surface area (Å²) in [7, 11) is 0. The summed E-state index contributed by atoms with van der Waals surface area (Å²) in [5, 5.41) is 2.29. The number of hydrogen-bond donors (Lipinski definition) is 0. The SMILES string of the molecule is Cc1cnc2c(c1)CCc1cccnc1-2.Cc1cnc2c(ccc3cccnc32)c1. The molecular formula is C26H22N4. The molecule has 0 unspecified atom stereocenters. The Balaban J connectivity index is 0.000000128. The Morgan fingerprint density at radius 2 is 1.27 bits per heavy atom. The first-order valence-electron chi connectivity index (χ1n) is 10.2. The predicted octanol–water partition coefficient (Wildman–Crippen LogP) is 5.64. The Kier molecular flexibility index (Phi) is 4.68. The van der Waals surface area contributed by atoms with Gasteiger partial charge in [-0.25, -0.2) is 0 Å². The first-order chi connectivity index (χ1) is 14.7. The van der Waals surface area contributed by atoms with Crippen molar-refractivity contribution in [1.82, 2.24) is 19.9 Å². The lowest BCUT2D eigenvalue weighted by molar-refractivity contribution is 0.909. The van der Waals surface area contributed by atoms with E-state index >= 15 is 0 Å².